The van der Waals surface area contributed by atoms with E-state index in [1.165, 1.54) is 7.11 Å². The van der Waals surface area contributed by atoms with Crippen LogP contribution in [0.15, 0.2) is 39.3 Å². The molecular formula is C15H11Br2ClO3. The summed E-state index contributed by atoms with van der Waals surface area (Å²) in [6.07, 6.45) is 0. The lowest BCUT2D eigenvalue weighted by atomic mass is 10.0. The fourth-order valence-corrected chi connectivity index (χ4v) is 3.06. The Morgan fingerprint density at radius 3 is 2.38 bits per heavy atom. The molecule has 0 amide bonds. The number of ether oxygens (including phenoxy) is 2. The lowest BCUT2D eigenvalue weighted by Crippen LogP contribution is -2.06. The van der Waals surface area contributed by atoms with Gasteiger partial charge in [0.25, 0.3) is 0 Å². The fourth-order valence-electron chi connectivity index (χ4n) is 1.86. The monoisotopic (exact) mass is 432 g/mol. The number of carbonyl (C=O) groups excluding carboxylic acids is 1. The second kappa shape index (κ2) is 6.81. The normalized spacial score (nSPS) is 10.3. The van der Waals surface area contributed by atoms with Crippen molar-refractivity contribution < 1.29 is 14.3 Å². The predicted molar refractivity (Wildman–Crippen MR) is 89.8 cm³/mol. The third kappa shape index (κ3) is 3.42. The Hall–Kier alpha value is -1.04. The van der Waals surface area contributed by atoms with Crippen LogP contribution in [-0.4, -0.2) is 20.0 Å². The van der Waals surface area contributed by atoms with Crippen molar-refractivity contribution in [3.05, 3.63) is 55.4 Å². The van der Waals surface area contributed by atoms with E-state index < -0.39 is 0 Å². The topological polar surface area (TPSA) is 35.5 Å². The lowest BCUT2D eigenvalue weighted by Gasteiger charge is -2.13. The van der Waals surface area contributed by atoms with Crippen LogP contribution in [0, 0.1) is 0 Å². The van der Waals surface area contributed by atoms with Gasteiger partial charge in [-0.3, -0.25) is 4.79 Å². The molecular weight excluding hydrogens is 423 g/mol. The summed E-state index contributed by atoms with van der Waals surface area (Å²) in [4.78, 5) is 12.8. The standard InChI is InChI=1S/C15H11Br2ClO3/c1-20-9-6-12(17)14(13(7-9)21-2)15(19)10-5-8(18)3-4-11(10)16/h3-7H,1-2H3. The first-order valence-corrected chi connectivity index (χ1v) is 7.85. The van der Waals surface area contributed by atoms with Crippen molar-refractivity contribution in [2.75, 3.05) is 14.2 Å². The van der Waals surface area contributed by atoms with Crippen molar-refractivity contribution in [2.24, 2.45) is 0 Å². The van der Waals surface area contributed by atoms with Crippen LogP contribution in [0.3, 0.4) is 0 Å². The van der Waals surface area contributed by atoms with Gasteiger partial charge in [0.05, 0.1) is 19.8 Å². The molecule has 0 aliphatic carbocycles. The molecule has 21 heavy (non-hydrogen) atoms. The third-order valence-corrected chi connectivity index (χ3v) is 4.44. The molecule has 0 unspecified atom stereocenters. The molecule has 6 heteroatoms. The Balaban J connectivity index is 2.60. The molecule has 0 saturated carbocycles. The van der Waals surface area contributed by atoms with Gasteiger partial charge in [0.15, 0.2) is 5.78 Å². The molecule has 0 atom stereocenters. The zero-order valence-electron chi connectivity index (χ0n) is 11.2. The molecule has 0 aliphatic heterocycles. The fraction of sp³-hybridized carbons (Fsp3) is 0.133. The van der Waals surface area contributed by atoms with Gasteiger partial charge >= 0.3 is 0 Å². The van der Waals surface area contributed by atoms with Gasteiger partial charge < -0.3 is 9.47 Å². The van der Waals surface area contributed by atoms with Gasteiger partial charge in [-0.15, -0.1) is 0 Å². The average molecular weight is 435 g/mol. The maximum Gasteiger partial charge on any atom is 0.199 e. The second-order valence-corrected chi connectivity index (χ2v) is 6.28. The third-order valence-electron chi connectivity index (χ3n) is 2.88. The first-order chi connectivity index (χ1) is 9.97. The summed E-state index contributed by atoms with van der Waals surface area (Å²) in [7, 11) is 3.06. The highest BCUT2D eigenvalue weighted by Crippen LogP contribution is 2.35. The number of hydrogen-bond donors (Lipinski definition) is 0. The molecule has 2 rings (SSSR count). The molecule has 3 nitrogen and oxygen atoms in total. The highest BCUT2D eigenvalue weighted by atomic mass is 79.9. The van der Waals surface area contributed by atoms with E-state index in [1.54, 1.807) is 37.4 Å². The van der Waals surface area contributed by atoms with Crippen LogP contribution in [0.4, 0.5) is 0 Å². The van der Waals surface area contributed by atoms with E-state index in [4.69, 9.17) is 21.1 Å². The van der Waals surface area contributed by atoms with Gasteiger partial charge in [0.2, 0.25) is 0 Å². The molecule has 0 saturated heterocycles. The number of rotatable bonds is 4. The van der Waals surface area contributed by atoms with Crippen molar-refractivity contribution in [2.45, 2.75) is 0 Å². The van der Waals surface area contributed by atoms with Crippen molar-refractivity contribution in [3.63, 3.8) is 0 Å². The van der Waals surface area contributed by atoms with E-state index in [0.717, 1.165) is 0 Å². The zero-order valence-corrected chi connectivity index (χ0v) is 15.2. The Labute approximate surface area is 144 Å². The number of hydrogen-bond acceptors (Lipinski definition) is 3. The quantitative estimate of drug-likeness (QED) is 0.627. The van der Waals surface area contributed by atoms with E-state index in [1.807, 2.05) is 0 Å². The van der Waals surface area contributed by atoms with Gasteiger partial charge in [-0.2, -0.15) is 0 Å². The van der Waals surface area contributed by atoms with E-state index in [9.17, 15) is 4.79 Å². The van der Waals surface area contributed by atoms with E-state index in [2.05, 4.69) is 31.9 Å². The summed E-state index contributed by atoms with van der Waals surface area (Å²) in [6, 6.07) is 8.44. The van der Waals surface area contributed by atoms with Crippen LogP contribution in [-0.2, 0) is 0 Å². The summed E-state index contributed by atoms with van der Waals surface area (Å²) in [5, 5.41) is 0.491. The molecule has 0 spiro atoms. The van der Waals surface area contributed by atoms with Crippen LogP contribution in [0.2, 0.25) is 5.02 Å². The molecule has 110 valence electrons. The smallest absolute Gasteiger partial charge is 0.199 e. The average Bonchev–Trinajstić information content (AvgIpc) is 2.48. The van der Waals surface area contributed by atoms with Crippen LogP contribution >= 0.6 is 43.5 Å². The Kier molecular flexibility index (Phi) is 5.30. The maximum absolute atomic E-state index is 12.8. The molecule has 2 aromatic carbocycles. The van der Waals surface area contributed by atoms with Gasteiger partial charge in [-0.05, 0) is 40.2 Å². The first-order valence-electron chi connectivity index (χ1n) is 5.89. The molecule has 0 aliphatic rings. The Bertz CT molecular complexity index is 702. The van der Waals surface area contributed by atoms with Crippen molar-refractivity contribution >= 4 is 49.2 Å². The van der Waals surface area contributed by atoms with E-state index >= 15 is 0 Å². The number of ketones is 1. The van der Waals surface area contributed by atoms with Gasteiger partial charge in [0.1, 0.15) is 11.5 Å². The molecule has 0 aromatic heterocycles. The van der Waals surface area contributed by atoms with Crippen molar-refractivity contribution in [3.8, 4) is 11.5 Å². The largest absolute Gasteiger partial charge is 0.497 e. The molecule has 0 N–H and O–H groups in total. The highest BCUT2D eigenvalue weighted by molar-refractivity contribution is 9.11. The number of benzene rings is 2. The summed E-state index contributed by atoms with van der Waals surface area (Å²) in [5.41, 5.74) is 0.882. The van der Waals surface area contributed by atoms with E-state index in [-0.39, 0.29) is 5.78 Å². The van der Waals surface area contributed by atoms with E-state index in [0.29, 0.717) is 36.6 Å². The highest BCUT2D eigenvalue weighted by Gasteiger charge is 2.21. The summed E-state index contributed by atoms with van der Waals surface area (Å²) >= 11 is 12.7. The molecule has 0 heterocycles. The lowest BCUT2D eigenvalue weighted by molar-refractivity contribution is 0.103. The minimum Gasteiger partial charge on any atom is -0.497 e. The Morgan fingerprint density at radius 2 is 1.76 bits per heavy atom. The molecule has 0 radical (unpaired) electrons. The SMILES string of the molecule is COc1cc(Br)c(C(=O)c2cc(Cl)ccc2Br)c(OC)c1. The summed E-state index contributed by atoms with van der Waals surface area (Å²) < 4.78 is 11.7. The molecule has 2 aromatic rings. The second-order valence-electron chi connectivity index (χ2n) is 4.14. The van der Waals surface area contributed by atoms with Crippen molar-refractivity contribution in [1.82, 2.24) is 0 Å². The predicted octanol–water partition coefficient (Wildman–Crippen LogP) is 5.11. The number of carbonyl (C=O) groups is 1. The van der Waals surface area contributed by atoms with Crippen LogP contribution in [0.1, 0.15) is 15.9 Å². The molecule has 0 fully saturated rings. The van der Waals surface area contributed by atoms with Gasteiger partial charge in [-0.1, -0.05) is 27.5 Å². The van der Waals surface area contributed by atoms with Crippen LogP contribution in [0.5, 0.6) is 11.5 Å². The summed E-state index contributed by atoms with van der Waals surface area (Å²) in [6.45, 7) is 0. The zero-order chi connectivity index (χ0) is 15.6. The minimum atomic E-state index is -0.198. The molecule has 0 bridgehead atoms. The maximum atomic E-state index is 12.8. The van der Waals surface area contributed by atoms with Crippen LogP contribution in [0.25, 0.3) is 0 Å². The Morgan fingerprint density at radius 1 is 1.05 bits per heavy atom. The van der Waals surface area contributed by atoms with Gasteiger partial charge in [0, 0.05) is 25.6 Å². The minimum absolute atomic E-state index is 0.198. The van der Waals surface area contributed by atoms with Gasteiger partial charge in [-0.25, -0.2) is 0 Å². The number of halogens is 3. The summed E-state index contributed by atoms with van der Waals surface area (Å²) in [5.74, 6) is 0.828. The number of methoxy groups -OCH3 is 2. The first kappa shape index (κ1) is 16.3. The van der Waals surface area contributed by atoms with Crippen molar-refractivity contribution in [1.29, 1.82) is 0 Å². The van der Waals surface area contributed by atoms with Crippen LogP contribution < -0.4 is 9.47 Å².